The van der Waals surface area contributed by atoms with Crippen LogP contribution in [-0.2, 0) is 13.2 Å². The highest BCUT2D eigenvalue weighted by Gasteiger charge is 2.18. The fourth-order valence-corrected chi connectivity index (χ4v) is 2.82. The maximum Gasteiger partial charge on any atom is 0.163 e. The Kier molecular flexibility index (Phi) is 6.22. The first-order valence-corrected chi connectivity index (χ1v) is 9.08. The summed E-state index contributed by atoms with van der Waals surface area (Å²) >= 11 is 0. The van der Waals surface area contributed by atoms with E-state index in [4.69, 9.17) is 9.47 Å². The molecule has 142 valence electrons. The summed E-state index contributed by atoms with van der Waals surface area (Å²) in [7, 11) is 0. The molecule has 0 radical (unpaired) electrons. The minimum atomic E-state index is -0.167. The van der Waals surface area contributed by atoms with Crippen molar-refractivity contribution >= 4 is 11.6 Å². The molecule has 3 rings (SSSR count). The fraction of sp³-hybridized carbons (Fsp3) is 0.167. The van der Waals surface area contributed by atoms with E-state index in [-0.39, 0.29) is 11.6 Å². The molecule has 3 aromatic rings. The number of hydrogen-bond donors (Lipinski definition) is 0. The molecule has 0 amide bonds. The van der Waals surface area contributed by atoms with Crippen molar-refractivity contribution in [2.75, 3.05) is 0 Å². The molecule has 0 spiro atoms. The van der Waals surface area contributed by atoms with Crippen molar-refractivity contribution in [2.45, 2.75) is 27.1 Å². The Morgan fingerprint density at radius 3 is 1.39 bits per heavy atom. The third kappa shape index (κ3) is 4.86. The van der Waals surface area contributed by atoms with Crippen LogP contribution in [0.15, 0.2) is 72.8 Å². The highest BCUT2D eigenvalue weighted by Crippen LogP contribution is 2.31. The van der Waals surface area contributed by atoms with Gasteiger partial charge in [0.1, 0.15) is 24.7 Å². The maximum absolute atomic E-state index is 12.1. The summed E-state index contributed by atoms with van der Waals surface area (Å²) in [4.78, 5) is 24.2. The Hall–Kier alpha value is -3.40. The van der Waals surface area contributed by atoms with Crippen molar-refractivity contribution in [2.24, 2.45) is 0 Å². The van der Waals surface area contributed by atoms with Gasteiger partial charge in [-0.15, -0.1) is 0 Å². The van der Waals surface area contributed by atoms with Gasteiger partial charge >= 0.3 is 0 Å². The lowest BCUT2D eigenvalue weighted by Gasteiger charge is -2.16. The molecule has 0 aliphatic heterocycles. The SMILES string of the molecule is CC(=O)c1cc(C(C)=O)c(OCc2ccccc2)cc1OCc1ccccc1. The van der Waals surface area contributed by atoms with Gasteiger partial charge in [-0.2, -0.15) is 0 Å². The first-order chi connectivity index (χ1) is 13.5. The van der Waals surface area contributed by atoms with Crippen molar-refractivity contribution in [3.63, 3.8) is 0 Å². The van der Waals surface area contributed by atoms with Crippen molar-refractivity contribution in [1.29, 1.82) is 0 Å². The van der Waals surface area contributed by atoms with Crippen LogP contribution < -0.4 is 9.47 Å². The zero-order chi connectivity index (χ0) is 19.9. The minimum absolute atomic E-state index is 0.167. The van der Waals surface area contributed by atoms with Crippen molar-refractivity contribution in [3.8, 4) is 11.5 Å². The summed E-state index contributed by atoms with van der Waals surface area (Å²) in [5, 5.41) is 0. The zero-order valence-corrected chi connectivity index (χ0v) is 16.0. The number of Topliss-reactive ketones (excluding diaryl/α,β-unsaturated/α-hetero) is 2. The standard InChI is InChI=1S/C24H22O4/c1-17(25)21-13-22(18(2)26)24(28-16-20-11-7-4-8-12-20)14-23(21)27-15-19-9-5-3-6-10-19/h3-14H,15-16H2,1-2H3. The summed E-state index contributed by atoms with van der Waals surface area (Å²) < 4.78 is 11.8. The molecular formula is C24H22O4. The Bertz CT molecular complexity index is 886. The molecule has 4 heteroatoms. The Morgan fingerprint density at radius 1 is 0.643 bits per heavy atom. The lowest BCUT2D eigenvalue weighted by molar-refractivity contribution is 0.101. The molecule has 0 fully saturated rings. The van der Waals surface area contributed by atoms with Gasteiger partial charge in [-0.05, 0) is 31.0 Å². The van der Waals surface area contributed by atoms with Gasteiger partial charge in [0, 0.05) is 6.07 Å². The van der Waals surface area contributed by atoms with Crippen LogP contribution in [0.5, 0.6) is 11.5 Å². The van der Waals surface area contributed by atoms with E-state index in [2.05, 4.69) is 0 Å². The molecule has 0 atom stereocenters. The van der Waals surface area contributed by atoms with E-state index >= 15 is 0 Å². The van der Waals surface area contributed by atoms with Crippen LogP contribution in [-0.4, -0.2) is 11.6 Å². The molecule has 0 heterocycles. The summed E-state index contributed by atoms with van der Waals surface area (Å²) in [6, 6.07) is 22.6. The number of ketones is 2. The summed E-state index contributed by atoms with van der Waals surface area (Å²) in [5.74, 6) is 0.481. The van der Waals surface area contributed by atoms with E-state index in [0.29, 0.717) is 35.8 Å². The first-order valence-electron chi connectivity index (χ1n) is 9.08. The second-order valence-electron chi connectivity index (χ2n) is 6.51. The number of ether oxygens (including phenoxy) is 2. The van der Waals surface area contributed by atoms with Gasteiger partial charge in [-0.1, -0.05) is 60.7 Å². The third-order valence-electron chi connectivity index (χ3n) is 4.31. The number of rotatable bonds is 8. The van der Waals surface area contributed by atoms with Crippen molar-refractivity contribution in [3.05, 3.63) is 95.1 Å². The predicted molar refractivity (Wildman–Crippen MR) is 108 cm³/mol. The molecule has 0 bridgehead atoms. The number of carbonyl (C=O) groups is 2. The molecule has 0 aliphatic rings. The van der Waals surface area contributed by atoms with Gasteiger partial charge in [0.25, 0.3) is 0 Å². The predicted octanol–water partition coefficient (Wildman–Crippen LogP) is 5.25. The van der Waals surface area contributed by atoms with E-state index < -0.39 is 0 Å². The second-order valence-corrected chi connectivity index (χ2v) is 6.51. The van der Waals surface area contributed by atoms with Crippen molar-refractivity contribution < 1.29 is 19.1 Å². The van der Waals surface area contributed by atoms with Gasteiger partial charge in [0.2, 0.25) is 0 Å². The van der Waals surface area contributed by atoms with E-state index in [9.17, 15) is 9.59 Å². The number of benzene rings is 3. The molecule has 0 aromatic heterocycles. The largest absolute Gasteiger partial charge is 0.488 e. The molecule has 0 unspecified atom stereocenters. The molecule has 0 saturated heterocycles. The van der Waals surface area contributed by atoms with E-state index in [1.54, 1.807) is 12.1 Å². The second kappa shape index (κ2) is 9.00. The molecule has 0 saturated carbocycles. The Labute approximate surface area is 164 Å². The topological polar surface area (TPSA) is 52.6 Å². The Morgan fingerprint density at radius 2 is 1.04 bits per heavy atom. The van der Waals surface area contributed by atoms with Gasteiger partial charge in [-0.25, -0.2) is 0 Å². The fourth-order valence-electron chi connectivity index (χ4n) is 2.82. The molecular weight excluding hydrogens is 352 g/mol. The van der Waals surface area contributed by atoms with E-state index in [0.717, 1.165) is 11.1 Å². The first kappa shape index (κ1) is 19.4. The number of hydrogen-bond acceptors (Lipinski definition) is 4. The van der Waals surface area contributed by atoms with Gasteiger partial charge < -0.3 is 9.47 Å². The maximum atomic E-state index is 12.1. The van der Waals surface area contributed by atoms with E-state index in [1.165, 1.54) is 13.8 Å². The quantitative estimate of drug-likeness (QED) is 0.505. The monoisotopic (exact) mass is 374 g/mol. The average molecular weight is 374 g/mol. The van der Waals surface area contributed by atoms with E-state index in [1.807, 2.05) is 60.7 Å². The molecule has 28 heavy (non-hydrogen) atoms. The van der Waals surface area contributed by atoms with Gasteiger partial charge in [-0.3, -0.25) is 9.59 Å². The minimum Gasteiger partial charge on any atom is -0.488 e. The van der Waals surface area contributed by atoms with Crippen LogP contribution in [0.25, 0.3) is 0 Å². The van der Waals surface area contributed by atoms with Crippen LogP contribution in [0.3, 0.4) is 0 Å². The molecule has 3 aromatic carbocycles. The van der Waals surface area contributed by atoms with Crippen LogP contribution in [0, 0.1) is 0 Å². The normalized spacial score (nSPS) is 10.4. The van der Waals surface area contributed by atoms with Gasteiger partial charge in [0.05, 0.1) is 11.1 Å². The van der Waals surface area contributed by atoms with Crippen LogP contribution in [0.2, 0.25) is 0 Å². The summed E-state index contributed by atoms with van der Waals surface area (Å²) in [5.41, 5.74) is 2.71. The van der Waals surface area contributed by atoms with Gasteiger partial charge in [0.15, 0.2) is 11.6 Å². The van der Waals surface area contributed by atoms with Crippen LogP contribution in [0.1, 0.15) is 45.7 Å². The molecule has 4 nitrogen and oxygen atoms in total. The Balaban J connectivity index is 1.90. The molecule has 0 N–H and O–H groups in total. The third-order valence-corrected chi connectivity index (χ3v) is 4.31. The smallest absolute Gasteiger partial charge is 0.163 e. The highest BCUT2D eigenvalue weighted by atomic mass is 16.5. The average Bonchev–Trinajstić information content (AvgIpc) is 2.71. The summed E-state index contributed by atoms with van der Waals surface area (Å²) in [6.07, 6.45) is 0. The van der Waals surface area contributed by atoms with Crippen molar-refractivity contribution in [1.82, 2.24) is 0 Å². The number of carbonyl (C=O) groups excluding carboxylic acids is 2. The van der Waals surface area contributed by atoms with Crippen LogP contribution in [0.4, 0.5) is 0 Å². The zero-order valence-electron chi connectivity index (χ0n) is 16.0. The highest BCUT2D eigenvalue weighted by molar-refractivity contribution is 6.03. The lowest BCUT2D eigenvalue weighted by Crippen LogP contribution is -2.07. The van der Waals surface area contributed by atoms with Crippen LogP contribution >= 0.6 is 0 Å². The molecule has 0 aliphatic carbocycles. The lowest BCUT2D eigenvalue weighted by atomic mass is 10.0. The summed E-state index contributed by atoms with van der Waals surface area (Å²) in [6.45, 7) is 3.55.